The van der Waals surface area contributed by atoms with Crippen molar-refractivity contribution >= 4 is 11.8 Å². The van der Waals surface area contributed by atoms with Crippen LogP contribution in [0.1, 0.15) is 26.3 Å². The third kappa shape index (κ3) is 3.03. The molecular formula is C16H14O4. The zero-order chi connectivity index (χ0) is 14.5. The number of rotatable bonds is 5. The lowest BCUT2D eigenvalue weighted by Gasteiger charge is -2.07. The summed E-state index contributed by atoms with van der Waals surface area (Å²) in [6, 6.07) is 13.7. The summed E-state index contributed by atoms with van der Waals surface area (Å²) in [4.78, 5) is 23.5. The maximum absolute atomic E-state index is 12.2. The van der Waals surface area contributed by atoms with E-state index < -0.39 is 5.97 Å². The standard InChI is InChI=1S/C16H14O4/c1-20-12-7-8-13(14(10-12)16(18)19)15(17)9-11-5-3-2-4-6-11/h2-8,10H,9H2,1H3,(H,18,19). The number of carbonyl (C=O) groups is 2. The summed E-state index contributed by atoms with van der Waals surface area (Å²) in [5.74, 6) is -0.949. The van der Waals surface area contributed by atoms with E-state index in [1.165, 1.54) is 19.2 Å². The number of aromatic carboxylic acids is 1. The Morgan fingerprint density at radius 3 is 2.35 bits per heavy atom. The van der Waals surface area contributed by atoms with Crippen molar-refractivity contribution in [3.8, 4) is 5.75 Å². The quantitative estimate of drug-likeness (QED) is 0.848. The summed E-state index contributed by atoms with van der Waals surface area (Å²) < 4.78 is 4.98. The topological polar surface area (TPSA) is 63.6 Å². The third-order valence-corrected chi connectivity index (χ3v) is 2.97. The fraction of sp³-hybridized carbons (Fsp3) is 0.125. The number of hydrogen-bond donors (Lipinski definition) is 1. The SMILES string of the molecule is COc1ccc(C(=O)Cc2ccccc2)c(C(=O)O)c1. The fourth-order valence-electron chi connectivity index (χ4n) is 1.95. The average molecular weight is 270 g/mol. The van der Waals surface area contributed by atoms with Crippen molar-refractivity contribution in [1.82, 2.24) is 0 Å². The molecule has 0 bridgehead atoms. The number of methoxy groups -OCH3 is 1. The van der Waals surface area contributed by atoms with Crippen molar-refractivity contribution in [3.63, 3.8) is 0 Å². The van der Waals surface area contributed by atoms with Crippen LogP contribution in [-0.2, 0) is 6.42 Å². The van der Waals surface area contributed by atoms with E-state index in [4.69, 9.17) is 4.74 Å². The van der Waals surface area contributed by atoms with E-state index in [0.717, 1.165) is 5.56 Å². The second-order valence-corrected chi connectivity index (χ2v) is 4.30. The van der Waals surface area contributed by atoms with Crippen LogP contribution in [0.25, 0.3) is 0 Å². The summed E-state index contributed by atoms with van der Waals surface area (Å²) in [6.45, 7) is 0. The van der Waals surface area contributed by atoms with Crippen LogP contribution < -0.4 is 4.74 Å². The normalized spacial score (nSPS) is 10.1. The van der Waals surface area contributed by atoms with Crippen molar-refractivity contribution in [3.05, 3.63) is 65.2 Å². The predicted octanol–water partition coefficient (Wildman–Crippen LogP) is 2.82. The molecule has 0 fully saturated rings. The molecule has 0 atom stereocenters. The second-order valence-electron chi connectivity index (χ2n) is 4.30. The van der Waals surface area contributed by atoms with Crippen LogP contribution in [0.15, 0.2) is 48.5 Å². The molecule has 0 aliphatic carbocycles. The Balaban J connectivity index is 2.32. The van der Waals surface area contributed by atoms with Crippen molar-refractivity contribution in [1.29, 1.82) is 0 Å². The number of carboxylic acids is 1. The molecule has 0 saturated carbocycles. The number of hydrogen-bond acceptors (Lipinski definition) is 3. The van der Waals surface area contributed by atoms with Gasteiger partial charge in [-0.1, -0.05) is 30.3 Å². The molecule has 4 nitrogen and oxygen atoms in total. The van der Waals surface area contributed by atoms with Gasteiger partial charge in [0.15, 0.2) is 5.78 Å². The number of carboxylic acid groups (broad SMARTS) is 1. The first-order valence-corrected chi connectivity index (χ1v) is 6.10. The smallest absolute Gasteiger partial charge is 0.336 e. The molecule has 0 aliphatic heterocycles. The number of Topliss-reactive ketones (excluding diaryl/α,β-unsaturated/α-hetero) is 1. The largest absolute Gasteiger partial charge is 0.497 e. The molecule has 0 aliphatic rings. The van der Waals surface area contributed by atoms with Gasteiger partial charge in [0.05, 0.1) is 12.7 Å². The number of ether oxygens (including phenoxy) is 1. The highest BCUT2D eigenvalue weighted by molar-refractivity contribution is 6.06. The van der Waals surface area contributed by atoms with Crippen LogP contribution in [0.5, 0.6) is 5.75 Å². The van der Waals surface area contributed by atoms with Gasteiger partial charge in [0.1, 0.15) is 5.75 Å². The molecule has 0 amide bonds. The van der Waals surface area contributed by atoms with Crippen LogP contribution >= 0.6 is 0 Å². The molecule has 20 heavy (non-hydrogen) atoms. The maximum Gasteiger partial charge on any atom is 0.336 e. The van der Waals surface area contributed by atoms with Crippen LogP contribution in [-0.4, -0.2) is 24.0 Å². The molecule has 4 heteroatoms. The van der Waals surface area contributed by atoms with Gasteiger partial charge >= 0.3 is 5.97 Å². The first kappa shape index (κ1) is 13.8. The summed E-state index contributed by atoms with van der Waals surface area (Å²) in [5.41, 5.74) is 1.01. The third-order valence-electron chi connectivity index (χ3n) is 2.97. The molecule has 102 valence electrons. The van der Waals surface area contributed by atoms with Gasteiger partial charge < -0.3 is 9.84 Å². The van der Waals surface area contributed by atoms with E-state index in [1.807, 2.05) is 30.3 Å². The van der Waals surface area contributed by atoms with Crippen LogP contribution in [0.3, 0.4) is 0 Å². The van der Waals surface area contributed by atoms with E-state index in [2.05, 4.69) is 0 Å². The highest BCUT2D eigenvalue weighted by Crippen LogP contribution is 2.19. The van der Waals surface area contributed by atoms with E-state index in [9.17, 15) is 14.7 Å². The maximum atomic E-state index is 12.2. The number of carbonyl (C=O) groups excluding carboxylic acids is 1. The first-order valence-electron chi connectivity index (χ1n) is 6.10. The predicted molar refractivity (Wildman–Crippen MR) is 74.4 cm³/mol. The van der Waals surface area contributed by atoms with Crippen LogP contribution in [0.4, 0.5) is 0 Å². The minimum atomic E-state index is -1.14. The first-order chi connectivity index (χ1) is 9.61. The Bertz CT molecular complexity index is 632. The Kier molecular flexibility index (Phi) is 4.15. The zero-order valence-corrected chi connectivity index (χ0v) is 11.0. The summed E-state index contributed by atoms with van der Waals surface area (Å²) in [5, 5.41) is 9.19. The molecule has 2 rings (SSSR count). The average Bonchev–Trinajstić information content (AvgIpc) is 2.47. The summed E-state index contributed by atoms with van der Waals surface area (Å²) >= 11 is 0. The minimum Gasteiger partial charge on any atom is -0.497 e. The van der Waals surface area contributed by atoms with Gasteiger partial charge in [-0.25, -0.2) is 4.79 Å². The highest BCUT2D eigenvalue weighted by Gasteiger charge is 2.17. The highest BCUT2D eigenvalue weighted by atomic mass is 16.5. The zero-order valence-electron chi connectivity index (χ0n) is 11.0. The summed E-state index contributed by atoms with van der Waals surface area (Å²) in [6.07, 6.45) is 0.174. The van der Waals surface area contributed by atoms with E-state index in [1.54, 1.807) is 6.07 Å². The van der Waals surface area contributed by atoms with Gasteiger partial charge in [-0.15, -0.1) is 0 Å². The van der Waals surface area contributed by atoms with Gasteiger partial charge in [0, 0.05) is 12.0 Å². The molecule has 0 spiro atoms. The molecular weight excluding hydrogens is 256 g/mol. The molecule has 0 radical (unpaired) electrons. The van der Waals surface area contributed by atoms with E-state index in [0.29, 0.717) is 5.75 Å². The van der Waals surface area contributed by atoms with Gasteiger partial charge in [0.25, 0.3) is 0 Å². The molecule has 0 aromatic heterocycles. The monoisotopic (exact) mass is 270 g/mol. The lowest BCUT2D eigenvalue weighted by Crippen LogP contribution is -2.11. The van der Waals surface area contributed by atoms with Crippen molar-refractivity contribution in [2.24, 2.45) is 0 Å². The van der Waals surface area contributed by atoms with E-state index in [-0.39, 0.29) is 23.3 Å². The fourth-order valence-corrected chi connectivity index (χ4v) is 1.95. The van der Waals surface area contributed by atoms with Crippen molar-refractivity contribution in [2.45, 2.75) is 6.42 Å². The molecule has 2 aromatic carbocycles. The van der Waals surface area contributed by atoms with Crippen LogP contribution in [0.2, 0.25) is 0 Å². The minimum absolute atomic E-state index is 0.0368. The van der Waals surface area contributed by atoms with Gasteiger partial charge in [-0.2, -0.15) is 0 Å². The lowest BCUT2D eigenvalue weighted by atomic mass is 9.98. The van der Waals surface area contributed by atoms with Crippen molar-refractivity contribution in [2.75, 3.05) is 7.11 Å². The Labute approximate surface area is 116 Å². The Morgan fingerprint density at radius 2 is 1.75 bits per heavy atom. The Hall–Kier alpha value is -2.62. The summed E-state index contributed by atoms with van der Waals surface area (Å²) in [7, 11) is 1.45. The van der Waals surface area contributed by atoms with Gasteiger partial charge in [-0.3, -0.25) is 4.79 Å². The Morgan fingerprint density at radius 1 is 1.05 bits per heavy atom. The van der Waals surface area contributed by atoms with Crippen molar-refractivity contribution < 1.29 is 19.4 Å². The molecule has 0 unspecified atom stereocenters. The van der Waals surface area contributed by atoms with E-state index >= 15 is 0 Å². The molecule has 1 N–H and O–H groups in total. The van der Waals surface area contributed by atoms with Gasteiger partial charge in [-0.05, 0) is 23.8 Å². The molecule has 0 saturated heterocycles. The number of ketones is 1. The second kappa shape index (κ2) is 6.02. The lowest BCUT2D eigenvalue weighted by molar-refractivity contribution is 0.0691. The number of benzene rings is 2. The van der Waals surface area contributed by atoms with Gasteiger partial charge in [0.2, 0.25) is 0 Å². The molecule has 2 aromatic rings. The molecule has 0 heterocycles. The van der Waals surface area contributed by atoms with Crippen LogP contribution in [0, 0.1) is 0 Å².